The van der Waals surface area contributed by atoms with E-state index < -0.39 is 18.1 Å². The molecule has 1 aromatic rings. The molecule has 1 aromatic carbocycles. The average molecular weight is 235 g/mol. The molecule has 5 heteroatoms. The van der Waals surface area contributed by atoms with Gasteiger partial charge in [-0.1, -0.05) is 36.9 Å². The fourth-order valence-electron chi connectivity index (χ4n) is 1.36. The molecular formula is C12H13NO4. The Morgan fingerprint density at radius 1 is 1.41 bits per heavy atom. The van der Waals surface area contributed by atoms with E-state index in [1.807, 2.05) is 6.07 Å². The molecule has 5 nitrogen and oxygen atoms in total. The van der Waals surface area contributed by atoms with E-state index in [-0.39, 0.29) is 6.42 Å². The molecule has 0 fully saturated rings. The van der Waals surface area contributed by atoms with Gasteiger partial charge in [-0.05, 0) is 5.56 Å². The summed E-state index contributed by atoms with van der Waals surface area (Å²) in [6.07, 6.45) is 0.0455. The van der Waals surface area contributed by atoms with Crippen LogP contribution in [0, 0.1) is 0 Å². The lowest BCUT2D eigenvalue weighted by Gasteiger charge is -2.16. The van der Waals surface area contributed by atoms with Crippen LogP contribution in [0.25, 0.3) is 0 Å². The maximum atomic E-state index is 11.2. The first-order valence-corrected chi connectivity index (χ1v) is 4.98. The molecule has 0 aliphatic carbocycles. The van der Waals surface area contributed by atoms with Gasteiger partial charge in [0, 0.05) is 0 Å². The summed E-state index contributed by atoms with van der Waals surface area (Å²) >= 11 is 0. The van der Waals surface area contributed by atoms with Crippen molar-refractivity contribution in [1.82, 2.24) is 5.32 Å². The Balaban J connectivity index is 2.77. The third kappa shape index (κ3) is 4.38. The van der Waals surface area contributed by atoms with Crippen LogP contribution in [0.4, 0.5) is 4.79 Å². The summed E-state index contributed by atoms with van der Waals surface area (Å²) in [5.74, 6) is -1.00. The molecule has 0 aliphatic heterocycles. The number of aliphatic carboxylic acids is 1. The number of hydrogen-bond donors (Lipinski definition) is 2. The van der Waals surface area contributed by atoms with Gasteiger partial charge in [0.2, 0.25) is 0 Å². The van der Waals surface area contributed by atoms with Crippen LogP contribution < -0.4 is 5.32 Å². The van der Waals surface area contributed by atoms with Crippen molar-refractivity contribution in [3.63, 3.8) is 0 Å². The number of ether oxygens (including phenoxy) is 1. The fourth-order valence-corrected chi connectivity index (χ4v) is 1.36. The zero-order valence-corrected chi connectivity index (χ0v) is 9.13. The maximum absolute atomic E-state index is 11.2. The molecule has 1 unspecified atom stereocenters. The summed E-state index contributed by atoms with van der Waals surface area (Å²) in [5.41, 5.74) is 0.705. The number of rotatable bonds is 5. The summed E-state index contributed by atoms with van der Waals surface area (Å²) < 4.78 is 4.50. The molecule has 0 aromatic heterocycles. The van der Waals surface area contributed by atoms with E-state index in [0.29, 0.717) is 5.56 Å². The molecule has 0 bridgehead atoms. The van der Waals surface area contributed by atoms with Crippen molar-refractivity contribution in [3.05, 3.63) is 48.7 Å². The quantitative estimate of drug-likeness (QED) is 0.766. The van der Waals surface area contributed by atoms with E-state index >= 15 is 0 Å². The predicted octanol–water partition coefficient (Wildman–Crippen LogP) is 2.07. The van der Waals surface area contributed by atoms with Crippen LogP contribution in [-0.4, -0.2) is 17.2 Å². The van der Waals surface area contributed by atoms with Gasteiger partial charge in [0.25, 0.3) is 0 Å². The molecule has 0 heterocycles. The molecule has 2 N–H and O–H groups in total. The molecule has 90 valence electrons. The highest BCUT2D eigenvalue weighted by Gasteiger charge is 2.17. The number of carboxylic acid groups (broad SMARTS) is 1. The number of carbonyl (C=O) groups is 2. The lowest BCUT2D eigenvalue weighted by Crippen LogP contribution is -2.29. The van der Waals surface area contributed by atoms with E-state index in [9.17, 15) is 9.59 Å². The van der Waals surface area contributed by atoms with Gasteiger partial charge in [-0.15, -0.1) is 0 Å². The van der Waals surface area contributed by atoms with E-state index in [2.05, 4.69) is 16.6 Å². The van der Waals surface area contributed by atoms with Crippen molar-refractivity contribution in [2.45, 2.75) is 12.5 Å². The van der Waals surface area contributed by atoms with Crippen LogP contribution in [0.5, 0.6) is 0 Å². The Labute approximate surface area is 98.7 Å². The molecule has 0 radical (unpaired) electrons. The highest BCUT2D eigenvalue weighted by Crippen LogP contribution is 2.16. The Kier molecular flexibility index (Phi) is 4.75. The number of hydrogen-bond acceptors (Lipinski definition) is 3. The lowest BCUT2D eigenvalue weighted by atomic mass is 10.0. The van der Waals surface area contributed by atoms with Crippen LogP contribution in [0.1, 0.15) is 18.0 Å². The topological polar surface area (TPSA) is 75.6 Å². The van der Waals surface area contributed by atoms with Gasteiger partial charge in [-0.25, -0.2) is 4.79 Å². The van der Waals surface area contributed by atoms with Crippen molar-refractivity contribution >= 4 is 12.1 Å². The second kappa shape index (κ2) is 6.32. The first-order valence-electron chi connectivity index (χ1n) is 4.98. The number of alkyl carbamates (subject to hydrolysis) is 1. The van der Waals surface area contributed by atoms with Gasteiger partial charge >= 0.3 is 12.1 Å². The smallest absolute Gasteiger partial charge is 0.412 e. The third-order valence-corrected chi connectivity index (χ3v) is 2.06. The summed E-state index contributed by atoms with van der Waals surface area (Å²) in [4.78, 5) is 21.9. The van der Waals surface area contributed by atoms with Gasteiger partial charge in [0.1, 0.15) is 0 Å². The van der Waals surface area contributed by atoms with Crippen molar-refractivity contribution in [2.24, 2.45) is 0 Å². The molecule has 0 saturated heterocycles. The Hall–Kier alpha value is -2.30. The summed E-state index contributed by atoms with van der Waals surface area (Å²) in [6.45, 7) is 3.24. The highest BCUT2D eigenvalue weighted by molar-refractivity contribution is 5.72. The molecule has 0 saturated carbocycles. The van der Waals surface area contributed by atoms with Gasteiger partial charge in [-0.2, -0.15) is 0 Å². The first kappa shape index (κ1) is 12.8. The zero-order chi connectivity index (χ0) is 12.7. The Morgan fingerprint density at radius 2 is 2.06 bits per heavy atom. The van der Waals surface area contributed by atoms with Gasteiger partial charge in [0.15, 0.2) is 0 Å². The number of nitrogens with one attached hydrogen (secondary N) is 1. The summed E-state index contributed by atoms with van der Waals surface area (Å²) in [7, 11) is 0. The highest BCUT2D eigenvalue weighted by atomic mass is 16.5. The summed E-state index contributed by atoms with van der Waals surface area (Å²) in [6, 6.07) is 8.20. The standard InChI is InChI=1S/C12H13NO4/c1-2-17-12(16)13-10(8-11(14)15)9-6-4-3-5-7-9/h2-7,10H,1,8H2,(H,13,16)(H,14,15). The lowest BCUT2D eigenvalue weighted by molar-refractivity contribution is -0.137. The van der Waals surface area contributed by atoms with Crippen LogP contribution >= 0.6 is 0 Å². The molecule has 1 atom stereocenters. The number of amides is 1. The van der Waals surface area contributed by atoms with E-state index in [0.717, 1.165) is 6.26 Å². The number of carboxylic acids is 1. The van der Waals surface area contributed by atoms with Crippen molar-refractivity contribution in [3.8, 4) is 0 Å². The fraction of sp³-hybridized carbons (Fsp3) is 0.167. The van der Waals surface area contributed by atoms with E-state index in [1.165, 1.54) is 0 Å². The van der Waals surface area contributed by atoms with Crippen LogP contribution in [0.3, 0.4) is 0 Å². The van der Waals surface area contributed by atoms with Gasteiger partial charge in [0.05, 0.1) is 18.7 Å². The second-order valence-electron chi connectivity index (χ2n) is 3.28. The SMILES string of the molecule is C=COC(=O)NC(CC(=O)O)c1ccccc1. The minimum atomic E-state index is -1.00. The number of benzene rings is 1. The first-order chi connectivity index (χ1) is 8.13. The molecular weight excluding hydrogens is 222 g/mol. The largest absolute Gasteiger partial charge is 0.481 e. The van der Waals surface area contributed by atoms with Crippen LogP contribution in [0.15, 0.2) is 43.2 Å². The maximum Gasteiger partial charge on any atom is 0.412 e. The molecule has 1 rings (SSSR count). The molecule has 17 heavy (non-hydrogen) atoms. The van der Waals surface area contributed by atoms with Gasteiger partial charge in [-0.3, -0.25) is 4.79 Å². The number of carbonyl (C=O) groups excluding carboxylic acids is 1. The van der Waals surface area contributed by atoms with E-state index in [1.54, 1.807) is 24.3 Å². The Bertz CT molecular complexity index is 402. The van der Waals surface area contributed by atoms with Crippen molar-refractivity contribution in [1.29, 1.82) is 0 Å². The minimum absolute atomic E-state index is 0.212. The predicted molar refractivity (Wildman–Crippen MR) is 61.2 cm³/mol. The molecule has 0 spiro atoms. The normalized spacial score (nSPS) is 11.3. The minimum Gasteiger partial charge on any atom is -0.481 e. The van der Waals surface area contributed by atoms with Crippen LogP contribution in [0.2, 0.25) is 0 Å². The van der Waals surface area contributed by atoms with Crippen LogP contribution in [-0.2, 0) is 9.53 Å². The monoisotopic (exact) mass is 235 g/mol. The van der Waals surface area contributed by atoms with Gasteiger partial charge < -0.3 is 15.2 Å². The zero-order valence-electron chi connectivity index (χ0n) is 9.13. The van der Waals surface area contributed by atoms with E-state index in [4.69, 9.17) is 5.11 Å². The average Bonchev–Trinajstić information content (AvgIpc) is 2.29. The summed E-state index contributed by atoms with van der Waals surface area (Å²) in [5, 5.41) is 11.2. The molecule has 1 amide bonds. The second-order valence-corrected chi connectivity index (χ2v) is 3.28. The van der Waals surface area contributed by atoms with Crippen molar-refractivity contribution < 1.29 is 19.4 Å². The Morgan fingerprint density at radius 3 is 2.59 bits per heavy atom. The van der Waals surface area contributed by atoms with Crippen molar-refractivity contribution in [2.75, 3.05) is 0 Å². The third-order valence-electron chi connectivity index (χ3n) is 2.06. The molecule has 0 aliphatic rings.